The van der Waals surface area contributed by atoms with Gasteiger partial charge in [0.05, 0.1) is 0 Å². The van der Waals surface area contributed by atoms with Crippen molar-refractivity contribution in [2.24, 2.45) is 0 Å². The number of benzene rings is 1. The Labute approximate surface area is 132 Å². The number of nitrogens with one attached hydrogen (secondary N) is 1. The van der Waals surface area contributed by atoms with Gasteiger partial charge in [-0.05, 0) is 44.2 Å². The van der Waals surface area contributed by atoms with Crippen LogP contribution in [0.1, 0.15) is 23.7 Å². The van der Waals surface area contributed by atoms with Crippen molar-refractivity contribution < 1.29 is 9.13 Å². The SMILES string of the molecule is CCNCc1c(C)cc(C)nc1Oc1cc(F)cc(Br)c1. The molecule has 21 heavy (non-hydrogen) atoms. The second-order valence-corrected chi connectivity index (χ2v) is 5.77. The van der Waals surface area contributed by atoms with Crippen molar-refractivity contribution in [1.29, 1.82) is 0 Å². The molecule has 0 spiro atoms. The highest BCUT2D eigenvalue weighted by Gasteiger charge is 2.12. The number of aromatic nitrogens is 1. The highest BCUT2D eigenvalue weighted by Crippen LogP contribution is 2.29. The molecule has 0 amide bonds. The normalized spacial score (nSPS) is 10.7. The standard InChI is InChI=1S/C16H18BrFN2O/c1-4-19-9-15-10(2)5-11(3)20-16(15)21-14-7-12(17)6-13(18)8-14/h5-8,19H,4,9H2,1-3H3. The first-order chi connectivity index (χ1) is 9.99. The van der Waals surface area contributed by atoms with Crippen LogP contribution in [0.2, 0.25) is 0 Å². The number of rotatable bonds is 5. The zero-order valence-corrected chi connectivity index (χ0v) is 13.9. The number of halogens is 2. The van der Waals surface area contributed by atoms with Crippen LogP contribution in [0.15, 0.2) is 28.7 Å². The third kappa shape index (κ3) is 4.25. The Balaban J connectivity index is 2.37. The fourth-order valence-electron chi connectivity index (χ4n) is 2.08. The van der Waals surface area contributed by atoms with Gasteiger partial charge in [0, 0.05) is 28.3 Å². The zero-order chi connectivity index (χ0) is 15.4. The highest BCUT2D eigenvalue weighted by atomic mass is 79.9. The minimum atomic E-state index is -0.350. The quantitative estimate of drug-likeness (QED) is 0.859. The molecule has 2 aromatic rings. The van der Waals surface area contributed by atoms with Crippen molar-refractivity contribution in [3.05, 3.63) is 51.4 Å². The topological polar surface area (TPSA) is 34.2 Å². The van der Waals surface area contributed by atoms with E-state index in [-0.39, 0.29) is 5.82 Å². The molecule has 0 unspecified atom stereocenters. The molecule has 0 atom stereocenters. The van der Waals surface area contributed by atoms with Crippen molar-refractivity contribution in [2.75, 3.05) is 6.54 Å². The summed E-state index contributed by atoms with van der Waals surface area (Å²) in [7, 11) is 0. The molecule has 1 N–H and O–H groups in total. The van der Waals surface area contributed by atoms with Crippen LogP contribution < -0.4 is 10.1 Å². The van der Waals surface area contributed by atoms with Gasteiger partial charge in [-0.3, -0.25) is 0 Å². The zero-order valence-electron chi connectivity index (χ0n) is 12.3. The van der Waals surface area contributed by atoms with Gasteiger partial charge in [-0.15, -0.1) is 0 Å². The third-order valence-electron chi connectivity index (χ3n) is 3.04. The number of aryl methyl sites for hydroxylation is 2. The van der Waals surface area contributed by atoms with E-state index in [1.807, 2.05) is 26.8 Å². The van der Waals surface area contributed by atoms with E-state index >= 15 is 0 Å². The average molecular weight is 353 g/mol. The smallest absolute Gasteiger partial charge is 0.224 e. The van der Waals surface area contributed by atoms with E-state index in [9.17, 15) is 4.39 Å². The van der Waals surface area contributed by atoms with E-state index in [0.717, 1.165) is 23.4 Å². The molecule has 3 nitrogen and oxygen atoms in total. The fraction of sp³-hybridized carbons (Fsp3) is 0.312. The molecule has 112 valence electrons. The van der Waals surface area contributed by atoms with Crippen LogP contribution in [0.5, 0.6) is 11.6 Å². The molecule has 0 bridgehead atoms. The van der Waals surface area contributed by atoms with E-state index in [1.54, 1.807) is 6.07 Å². The maximum atomic E-state index is 13.4. The molecule has 1 heterocycles. The first-order valence-corrected chi connectivity index (χ1v) is 7.60. The Morgan fingerprint density at radius 2 is 2.00 bits per heavy atom. The second kappa shape index (κ2) is 7.00. The molecule has 5 heteroatoms. The average Bonchev–Trinajstić information content (AvgIpc) is 2.36. The monoisotopic (exact) mass is 352 g/mol. The Morgan fingerprint density at radius 1 is 1.24 bits per heavy atom. The van der Waals surface area contributed by atoms with Gasteiger partial charge in [0.25, 0.3) is 0 Å². The molecule has 0 radical (unpaired) electrons. The van der Waals surface area contributed by atoms with Crippen LogP contribution in [-0.2, 0) is 6.54 Å². The molecule has 0 aliphatic heterocycles. The molecule has 0 aliphatic rings. The van der Waals surface area contributed by atoms with Crippen molar-refractivity contribution >= 4 is 15.9 Å². The van der Waals surface area contributed by atoms with Gasteiger partial charge in [0.1, 0.15) is 11.6 Å². The molecule has 2 rings (SSSR count). The fourth-order valence-corrected chi connectivity index (χ4v) is 2.52. The molecule has 0 saturated carbocycles. The minimum absolute atomic E-state index is 0.350. The van der Waals surface area contributed by atoms with Crippen molar-refractivity contribution in [3.8, 4) is 11.6 Å². The van der Waals surface area contributed by atoms with E-state index in [2.05, 4.69) is 26.2 Å². The summed E-state index contributed by atoms with van der Waals surface area (Å²) < 4.78 is 19.9. The van der Waals surface area contributed by atoms with Crippen LogP contribution >= 0.6 is 15.9 Å². The van der Waals surface area contributed by atoms with Gasteiger partial charge >= 0.3 is 0 Å². The summed E-state index contributed by atoms with van der Waals surface area (Å²) >= 11 is 3.26. The van der Waals surface area contributed by atoms with E-state index in [4.69, 9.17) is 4.74 Å². The maximum Gasteiger partial charge on any atom is 0.224 e. The Morgan fingerprint density at radius 3 is 2.67 bits per heavy atom. The summed E-state index contributed by atoms with van der Waals surface area (Å²) in [5.74, 6) is 0.597. The number of hydrogen-bond donors (Lipinski definition) is 1. The van der Waals surface area contributed by atoms with Gasteiger partial charge in [-0.2, -0.15) is 0 Å². The minimum Gasteiger partial charge on any atom is -0.439 e. The molecule has 1 aromatic heterocycles. The third-order valence-corrected chi connectivity index (χ3v) is 3.50. The van der Waals surface area contributed by atoms with Crippen LogP contribution in [0.25, 0.3) is 0 Å². The Bertz CT molecular complexity index is 626. The Hall–Kier alpha value is -1.46. The van der Waals surface area contributed by atoms with Gasteiger partial charge < -0.3 is 10.1 Å². The van der Waals surface area contributed by atoms with E-state index < -0.39 is 0 Å². The van der Waals surface area contributed by atoms with Crippen molar-refractivity contribution in [1.82, 2.24) is 10.3 Å². The van der Waals surface area contributed by atoms with Crippen molar-refractivity contribution in [2.45, 2.75) is 27.3 Å². The summed E-state index contributed by atoms with van der Waals surface area (Å²) in [6.07, 6.45) is 0. The van der Waals surface area contributed by atoms with Crippen LogP contribution in [0.4, 0.5) is 4.39 Å². The molecule has 0 aliphatic carbocycles. The molecular weight excluding hydrogens is 335 g/mol. The first kappa shape index (κ1) is 15.9. The first-order valence-electron chi connectivity index (χ1n) is 6.81. The number of hydrogen-bond acceptors (Lipinski definition) is 3. The van der Waals surface area contributed by atoms with E-state index in [1.165, 1.54) is 12.1 Å². The van der Waals surface area contributed by atoms with E-state index in [0.29, 0.717) is 22.6 Å². The number of nitrogens with zero attached hydrogens (tertiary/aromatic N) is 1. The largest absolute Gasteiger partial charge is 0.439 e. The van der Waals surface area contributed by atoms with Crippen LogP contribution in [-0.4, -0.2) is 11.5 Å². The number of ether oxygens (including phenoxy) is 1. The summed E-state index contributed by atoms with van der Waals surface area (Å²) in [5, 5.41) is 3.27. The number of pyridine rings is 1. The van der Waals surface area contributed by atoms with Gasteiger partial charge in [0.15, 0.2) is 0 Å². The lowest BCUT2D eigenvalue weighted by Crippen LogP contribution is -2.14. The van der Waals surface area contributed by atoms with Gasteiger partial charge in [0.2, 0.25) is 5.88 Å². The lowest BCUT2D eigenvalue weighted by atomic mass is 10.1. The van der Waals surface area contributed by atoms with Crippen molar-refractivity contribution in [3.63, 3.8) is 0 Å². The molecule has 0 saturated heterocycles. The summed E-state index contributed by atoms with van der Waals surface area (Å²) in [6, 6.07) is 6.48. The van der Waals surface area contributed by atoms with Crippen LogP contribution in [0.3, 0.4) is 0 Å². The summed E-state index contributed by atoms with van der Waals surface area (Å²) in [4.78, 5) is 4.44. The Kier molecular flexibility index (Phi) is 5.31. The van der Waals surface area contributed by atoms with Gasteiger partial charge in [-0.25, -0.2) is 9.37 Å². The van der Waals surface area contributed by atoms with Gasteiger partial charge in [-0.1, -0.05) is 22.9 Å². The maximum absolute atomic E-state index is 13.4. The lowest BCUT2D eigenvalue weighted by Gasteiger charge is -2.14. The highest BCUT2D eigenvalue weighted by molar-refractivity contribution is 9.10. The molecular formula is C16H18BrFN2O. The predicted molar refractivity (Wildman–Crippen MR) is 85.3 cm³/mol. The van der Waals surface area contributed by atoms with Crippen LogP contribution in [0, 0.1) is 19.7 Å². The summed E-state index contributed by atoms with van der Waals surface area (Å²) in [6.45, 7) is 7.51. The summed E-state index contributed by atoms with van der Waals surface area (Å²) in [5.41, 5.74) is 2.97. The molecule has 1 aromatic carbocycles. The lowest BCUT2D eigenvalue weighted by molar-refractivity contribution is 0.446. The predicted octanol–water partition coefficient (Wildman–Crippen LogP) is 4.50. The second-order valence-electron chi connectivity index (χ2n) is 4.85. The molecule has 0 fully saturated rings.